The molecule has 2 aliphatic rings. The molecular formula is C24H23ClN2O5S. The van der Waals surface area contributed by atoms with Crippen molar-refractivity contribution in [3.05, 3.63) is 69.7 Å². The van der Waals surface area contributed by atoms with Gasteiger partial charge in [0.05, 0.1) is 31.1 Å². The summed E-state index contributed by atoms with van der Waals surface area (Å²) < 4.78 is 10.7. The summed E-state index contributed by atoms with van der Waals surface area (Å²) in [5.74, 6) is -1.51. The van der Waals surface area contributed by atoms with Gasteiger partial charge >= 0.3 is 5.97 Å². The van der Waals surface area contributed by atoms with Crippen LogP contribution in [0.25, 0.3) is 0 Å². The number of nitrogens with zero attached hydrogens (tertiary/aromatic N) is 2. The third-order valence-electron chi connectivity index (χ3n) is 5.18. The highest BCUT2D eigenvalue weighted by molar-refractivity contribution is 8.04. The van der Waals surface area contributed by atoms with Gasteiger partial charge in [-0.05, 0) is 42.8 Å². The van der Waals surface area contributed by atoms with E-state index >= 15 is 0 Å². The van der Waals surface area contributed by atoms with Crippen molar-refractivity contribution >= 4 is 46.8 Å². The number of ether oxygens (including phenoxy) is 2. The molecule has 0 unspecified atom stereocenters. The van der Waals surface area contributed by atoms with Crippen molar-refractivity contribution in [3.8, 4) is 0 Å². The van der Waals surface area contributed by atoms with E-state index in [-0.39, 0.29) is 17.9 Å². The third-order valence-corrected chi connectivity index (χ3v) is 6.51. The lowest BCUT2D eigenvalue weighted by molar-refractivity contribution is -0.121. The lowest BCUT2D eigenvalue weighted by Gasteiger charge is -2.29. The fraction of sp³-hybridized carbons (Fsp3) is 0.292. The molecule has 0 saturated carbocycles. The predicted octanol–water partition coefficient (Wildman–Crippen LogP) is 4.12. The van der Waals surface area contributed by atoms with Gasteiger partial charge in [-0.3, -0.25) is 9.59 Å². The van der Waals surface area contributed by atoms with Crippen LogP contribution in [0.2, 0.25) is 5.02 Å². The van der Waals surface area contributed by atoms with Crippen molar-refractivity contribution in [2.45, 2.75) is 18.2 Å². The van der Waals surface area contributed by atoms with Gasteiger partial charge in [-0.25, -0.2) is 9.69 Å². The molecular weight excluding hydrogens is 464 g/mol. The largest absolute Gasteiger partial charge is 0.462 e. The minimum absolute atomic E-state index is 0.173. The molecule has 2 heterocycles. The van der Waals surface area contributed by atoms with Crippen LogP contribution in [0, 0.1) is 0 Å². The van der Waals surface area contributed by atoms with E-state index in [0.29, 0.717) is 48.3 Å². The average Bonchev–Trinajstić information content (AvgIpc) is 3.08. The van der Waals surface area contributed by atoms with Gasteiger partial charge in [0.15, 0.2) is 0 Å². The van der Waals surface area contributed by atoms with Crippen molar-refractivity contribution in [2.75, 3.05) is 37.8 Å². The van der Waals surface area contributed by atoms with Crippen molar-refractivity contribution in [2.24, 2.45) is 0 Å². The van der Waals surface area contributed by atoms with Crippen LogP contribution < -0.4 is 4.90 Å². The van der Waals surface area contributed by atoms with Gasteiger partial charge in [0.1, 0.15) is 10.6 Å². The number of halogens is 1. The first kappa shape index (κ1) is 23.4. The molecule has 4 rings (SSSR count). The number of imide groups is 1. The number of amides is 2. The SMILES string of the molecule is CCCOC(=O)c1ccccc1N1C(=O)C(Sc2ccc(Cl)cc2)=C(N2CCOCC2)C1=O. The normalized spacial score (nSPS) is 16.5. The van der Waals surface area contributed by atoms with Crippen LogP contribution >= 0.6 is 23.4 Å². The second-order valence-corrected chi connectivity index (χ2v) is 8.95. The first-order chi connectivity index (χ1) is 16.0. The van der Waals surface area contributed by atoms with Crippen molar-refractivity contribution in [3.63, 3.8) is 0 Å². The second kappa shape index (κ2) is 10.4. The minimum Gasteiger partial charge on any atom is -0.462 e. The fourth-order valence-electron chi connectivity index (χ4n) is 3.61. The molecule has 2 amide bonds. The molecule has 172 valence electrons. The number of carbonyl (C=O) groups is 3. The highest BCUT2D eigenvalue weighted by Crippen LogP contribution is 2.40. The Balaban J connectivity index is 1.73. The number of thioether (sulfide) groups is 1. The zero-order valence-electron chi connectivity index (χ0n) is 18.1. The van der Waals surface area contributed by atoms with Crippen LogP contribution in [0.1, 0.15) is 23.7 Å². The van der Waals surface area contributed by atoms with Crippen LogP contribution in [0.4, 0.5) is 5.69 Å². The van der Waals surface area contributed by atoms with Crippen LogP contribution in [0.5, 0.6) is 0 Å². The van der Waals surface area contributed by atoms with Crippen molar-refractivity contribution in [1.29, 1.82) is 0 Å². The highest BCUT2D eigenvalue weighted by Gasteiger charge is 2.44. The maximum absolute atomic E-state index is 13.6. The molecule has 0 aliphatic carbocycles. The molecule has 33 heavy (non-hydrogen) atoms. The highest BCUT2D eigenvalue weighted by atomic mass is 35.5. The van der Waals surface area contributed by atoms with Crippen LogP contribution in [0.15, 0.2) is 64.0 Å². The van der Waals surface area contributed by atoms with E-state index in [2.05, 4.69) is 0 Å². The van der Waals surface area contributed by atoms with E-state index in [9.17, 15) is 14.4 Å². The Bertz CT molecular complexity index is 1100. The molecule has 0 radical (unpaired) electrons. The van der Waals surface area contributed by atoms with Gasteiger partial charge in [0.2, 0.25) is 0 Å². The zero-order valence-corrected chi connectivity index (χ0v) is 19.7. The fourth-order valence-corrected chi connectivity index (χ4v) is 4.73. The smallest absolute Gasteiger partial charge is 0.340 e. The van der Waals surface area contributed by atoms with E-state index < -0.39 is 17.8 Å². The summed E-state index contributed by atoms with van der Waals surface area (Å²) >= 11 is 7.21. The number of benzene rings is 2. The number of rotatable bonds is 7. The number of para-hydroxylation sites is 1. The molecule has 1 saturated heterocycles. The van der Waals surface area contributed by atoms with E-state index in [1.807, 2.05) is 11.8 Å². The Kier molecular flexibility index (Phi) is 7.37. The second-order valence-electron chi connectivity index (χ2n) is 7.43. The number of carbonyl (C=O) groups excluding carboxylic acids is 3. The first-order valence-electron chi connectivity index (χ1n) is 10.7. The standard InChI is InChI=1S/C24H23ClN2O5S/c1-2-13-32-24(30)18-5-3-4-6-19(18)27-22(28)20(26-11-14-31-15-12-26)21(23(27)29)33-17-9-7-16(25)8-10-17/h3-10H,2,11-15H2,1H3. The molecule has 2 aromatic rings. The van der Waals surface area contributed by atoms with E-state index in [1.165, 1.54) is 11.8 Å². The summed E-state index contributed by atoms with van der Waals surface area (Å²) in [6.07, 6.45) is 0.667. The molecule has 2 aliphatic heterocycles. The Hall–Kier alpha value is -2.81. The quantitative estimate of drug-likeness (QED) is 0.430. The summed E-state index contributed by atoms with van der Waals surface area (Å²) in [6.45, 7) is 4.06. The summed E-state index contributed by atoms with van der Waals surface area (Å²) in [7, 11) is 0. The average molecular weight is 487 g/mol. The summed E-state index contributed by atoms with van der Waals surface area (Å²) in [5.41, 5.74) is 0.706. The molecule has 2 aromatic carbocycles. The molecule has 0 N–H and O–H groups in total. The van der Waals surface area contributed by atoms with E-state index in [1.54, 1.807) is 48.5 Å². The van der Waals surface area contributed by atoms with Crippen molar-refractivity contribution in [1.82, 2.24) is 4.90 Å². The van der Waals surface area contributed by atoms with Crippen LogP contribution in [-0.2, 0) is 19.1 Å². The third kappa shape index (κ3) is 4.93. The first-order valence-corrected chi connectivity index (χ1v) is 11.9. The maximum atomic E-state index is 13.6. The topological polar surface area (TPSA) is 76.2 Å². The number of hydrogen-bond donors (Lipinski definition) is 0. The van der Waals surface area contributed by atoms with E-state index in [4.69, 9.17) is 21.1 Å². The minimum atomic E-state index is -0.570. The molecule has 7 nitrogen and oxygen atoms in total. The Morgan fingerprint density at radius 2 is 1.76 bits per heavy atom. The Morgan fingerprint density at radius 3 is 2.45 bits per heavy atom. The van der Waals surface area contributed by atoms with Gasteiger partial charge in [-0.1, -0.05) is 42.4 Å². The lowest BCUT2D eigenvalue weighted by Crippen LogP contribution is -2.40. The lowest BCUT2D eigenvalue weighted by atomic mass is 10.1. The Morgan fingerprint density at radius 1 is 1.06 bits per heavy atom. The van der Waals surface area contributed by atoms with Crippen LogP contribution in [0.3, 0.4) is 0 Å². The van der Waals surface area contributed by atoms with E-state index in [0.717, 1.165) is 9.80 Å². The molecule has 0 spiro atoms. The molecule has 0 aromatic heterocycles. The number of anilines is 1. The van der Waals surface area contributed by atoms with Gasteiger partial charge < -0.3 is 14.4 Å². The van der Waals surface area contributed by atoms with Gasteiger partial charge in [0.25, 0.3) is 11.8 Å². The van der Waals surface area contributed by atoms with Crippen LogP contribution in [-0.4, -0.2) is 55.6 Å². The molecule has 1 fully saturated rings. The number of morpholine rings is 1. The van der Waals surface area contributed by atoms with Gasteiger partial charge in [0, 0.05) is 23.0 Å². The summed E-state index contributed by atoms with van der Waals surface area (Å²) in [6, 6.07) is 13.6. The zero-order chi connectivity index (χ0) is 23.4. The van der Waals surface area contributed by atoms with Gasteiger partial charge in [-0.15, -0.1) is 0 Å². The monoisotopic (exact) mass is 486 g/mol. The molecule has 0 bridgehead atoms. The molecule has 9 heteroatoms. The van der Waals surface area contributed by atoms with Gasteiger partial charge in [-0.2, -0.15) is 0 Å². The molecule has 0 atom stereocenters. The summed E-state index contributed by atoms with van der Waals surface area (Å²) in [5, 5.41) is 0.580. The summed E-state index contributed by atoms with van der Waals surface area (Å²) in [4.78, 5) is 43.9. The predicted molar refractivity (Wildman–Crippen MR) is 126 cm³/mol. The number of hydrogen-bond acceptors (Lipinski definition) is 7. The Labute approximate surface area is 201 Å². The number of esters is 1. The van der Waals surface area contributed by atoms with Crippen molar-refractivity contribution < 1.29 is 23.9 Å². The maximum Gasteiger partial charge on any atom is 0.340 e.